The molecule has 0 fully saturated rings. The van der Waals surface area contributed by atoms with Gasteiger partial charge in [-0.15, -0.1) is 0 Å². The first kappa shape index (κ1) is 22.8. The second-order valence-electron chi connectivity index (χ2n) is 9.16. The summed E-state index contributed by atoms with van der Waals surface area (Å²) in [7, 11) is 0. The maximum Gasteiger partial charge on any atom is 0.227 e. The van der Waals surface area contributed by atoms with Crippen LogP contribution >= 0.6 is 0 Å². The number of benzene rings is 5. The predicted octanol–water partition coefficient (Wildman–Crippen LogP) is 8.35. The van der Waals surface area contributed by atoms with Crippen LogP contribution < -0.4 is 0 Å². The van der Waals surface area contributed by atoms with E-state index in [1.54, 1.807) is 0 Å². The van der Waals surface area contributed by atoms with Gasteiger partial charge in [-0.25, -0.2) is 19.9 Å². The summed E-state index contributed by atoms with van der Waals surface area (Å²) < 4.78 is 6.12. The van der Waals surface area contributed by atoms with Gasteiger partial charge in [0.2, 0.25) is 5.89 Å². The molecule has 0 spiro atoms. The minimum absolute atomic E-state index is 0.603. The van der Waals surface area contributed by atoms with Gasteiger partial charge in [0.25, 0.3) is 0 Å². The van der Waals surface area contributed by atoms with E-state index in [9.17, 15) is 0 Å². The fourth-order valence-electron chi connectivity index (χ4n) is 4.65. The Morgan fingerprint density at radius 3 is 1.49 bits per heavy atom. The smallest absolute Gasteiger partial charge is 0.227 e. The van der Waals surface area contributed by atoms with Crippen LogP contribution in [-0.2, 0) is 0 Å². The van der Waals surface area contributed by atoms with Gasteiger partial charge in [0, 0.05) is 27.8 Å². The van der Waals surface area contributed by atoms with Gasteiger partial charge in [0.05, 0.1) is 0 Å². The van der Waals surface area contributed by atoms with Crippen LogP contribution in [0.1, 0.15) is 0 Å². The van der Waals surface area contributed by atoms with Crippen molar-refractivity contribution in [1.82, 2.24) is 19.9 Å². The first-order chi connectivity index (χ1) is 19.3. The van der Waals surface area contributed by atoms with Gasteiger partial charge < -0.3 is 4.42 Å². The molecule has 7 rings (SSSR count). The largest absolute Gasteiger partial charge is 0.436 e. The number of para-hydroxylation sites is 1. The Bertz CT molecular complexity index is 1840. The minimum Gasteiger partial charge on any atom is -0.436 e. The van der Waals surface area contributed by atoms with Crippen molar-refractivity contribution in [2.45, 2.75) is 0 Å². The molecule has 0 bridgehead atoms. The number of rotatable bonds is 5. The summed E-state index contributed by atoms with van der Waals surface area (Å²) in [6.07, 6.45) is 0. The molecule has 2 heterocycles. The van der Waals surface area contributed by atoms with E-state index in [4.69, 9.17) is 24.4 Å². The van der Waals surface area contributed by atoms with Crippen LogP contribution in [0.25, 0.3) is 67.8 Å². The van der Waals surface area contributed by atoms with E-state index in [0.717, 1.165) is 44.5 Å². The molecule has 0 aliphatic heterocycles. The molecule has 5 heteroatoms. The van der Waals surface area contributed by atoms with Gasteiger partial charge in [-0.2, -0.15) is 0 Å². The van der Waals surface area contributed by atoms with Crippen LogP contribution in [0.5, 0.6) is 0 Å². The lowest BCUT2D eigenvalue weighted by molar-refractivity contribution is 0.620. The molecule has 184 valence electrons. The van der Waals surface area contributed by atoms with Crippen LogP contribution in [-0.4, -0.2) is 19.9 Å². The summed E-state index contributed by atoms with van der Waals surface area (Å²) in [4.78, 5) is 19.4. The number of oxazole rings is 1. The summed E-state index contributed by atoms with van der Waals surface area (Å²) in [5, 5.41) is 0. The topological polar surface area (TPSA) is 64.7 Å². The summed E-state index contributed by atoms with van der Waals surface area (Å²) in [5.41, 5.74) is 7.28. The first-order valence-electron chi connectivity index (χ1n) is 12.7. The van der Waals surface area contributed by atoms with Gasteiger partial charge in [-0.3, -0.25) is 0 Å². The lowest BCUT2D eigenvalue weighted by atomic mass is 10.0. The average molecular weight is 503 g/mol. The number of aromatic nitrogens is 4. The zero-order valence-electron chi connectivity index (χ0n) is 20.9. The maximum atomic E-state index is 6.12. The molecule has 7 aromatic rings. The van der Waals surface area contributed by atoms with Crippen molar-refractivity contribution in [2.75, 3.05) is 0 Å². The van der Waals surface area contributed by atoms with E-state index in [0.29, 0.717) is 23.4 Å². The van der Waals surface area contributed by atoms with Crippen molar-refractivity contribution in [2.24, 2.45) is 0 Å². The Labute approximate surface area is 225 Å². The van der Waals surface area contributed by atoms with E-state index in [1.165, 1.54) is 0 Å². The molecule has 0 saturated heterocycles. The average Bonchev–Trinajstić information content (AvgIpc) is 3.47. The van der Waals surface area contributed by atoms with Crippen molar-refractivity contribution in [3.63, 3.8) is 0 Å². The number of hydrogen-bond acceptors (Lipinski definition) is 5. The second-order valence-corrected chi connectivity index (χ2v) is 9.16. The Hall–Kier alpha value is -5.42. The summed E-state index contributed by atoms with van der Waals surface area (Å²) in [6, 6.07) is 44.2. The minimum atomic E-state index is 0.603. The molecule has 39 heavy (non-hydrogen) atoms. The van der Waals surface area contributed by atoms with Crippen molar-refractivity contribution in [3.8, 4) is 56.7 Å². The highest BCUT2D eigenvalue weighted by Crippen LogP contribution is 2.34. The summed E-state index contributed by atoms with van der Waals surface area (Å²) in [6.45, 7) is 0. The van der Waals surface area contributed by atoms with Gasteiger partial charge >= 0.3 is 0 Å². The summed E-state index contributed by atoms with van der Waals surface area (Å²) >= 11 is 0. The molecule has 0 unspecified atom stereocenters. The molecule has 0 saturated carbocycles. The summed E-state index contributed by atoms with van der Waals surface area (Å²) in [5.74, 6) is 2.49. The fourth-order valence-corrected chi connectivity index (χ4v) is 4.65. The van der Waals surface area contributed by atoms with Gasteiger partial charge in [-0.05, 0) is 29.8 Å². The lowest BCUT2D eigenvalue weighted by Crippen LogP contribution is -2.00. The monoisotopic (exact) mass is 502 g/mol. The molecule has 0 N–H and O–H groups in total. The van der Waals surface area contributed by atoms with E-state index < -0.39 is 0 Å². The zero-order valence-corrected chi connectivity index (χ0v) is 20.9. The third-order valence-electron chi connectivity index (χ3n) is 6.57. The number of fused-ring (bicyclic) bond motifs is 1. The van der Waals surface area contributed by atoms with Crippen molar-refractivity contribution in [3.05, 3.63) is 133 Å². The third kappa shape index (κ3) is 4.47. The van der Waals surface area contributed by atoms with Crippen LogP contribution in [0.3, 0.4) is 0 Å². The normalized spacial score (nSPS) is 11.1. The molecule has 0 radical (unpaired) electrons. The van der Waals surface area contributed by atoms with Gasteiger partial charge in [-0.1, -0.05) is 109 Å². The molecular formula is C34H22N4O. The lowest BCUT2D eigenvalue weighted by Gasteiger charge is -2.09. The first-order valence-corrected chi connectivity index (χ1v) is 12.7. The fraction of sp³-hybridized carbons (Fsp3) is 0. The zero-order chi connectivity index (χ0) is 26.0. The van der Waals surface area contributed by atoms with Gasteiger partial charge in [0.15, 0.2) is 23.1 Å². The Morgan fingerprint density at radius 2 is 0.872 bits per heavy atom. The highest BCUT2D eigenvalue weighted by Gasteiger charge is 2.15. The molecular weight excluding hydrogens is 480 g/mol. The Balaban J connectivity index is 1.36. The number of nitrogens with zero attached hydrogens (tertiary/aromatic N) is 4. The quantitative estimate of drug-likeness (QED) is 0.237. The molecule has 0 aliphatic carbocycles. The van der Waals surface area contributed by atoms with Crippen molar-refractivity contribution in [1.29, 1.82) is 0 Å². The van der Waals surface area contributed by atoms with Crippen LogP contribution in [0, 0.1) is 0 Å². The third-order valence-corrected chi connectivity index (χ3v) is 6.57. The van der Waals surface area contributed by atoms with Crippen molar-refractivity contribution < 1.29 is 4.42 Å². The van der Waals surface area contributed by atoms with Crippen molar-refractivity contribution >= 4 is 11.1 Å². The Kier molecular flexibility index (Phi) is 5.72. The standard InChI is InChI=1S/C34H22N4O/c1-4-12-23(13-5-1)31-36-32(24-14-6-2-7-15-24)38-33(37-31)27-19-10-18-26(22-27)28-20-11-21-29-30(28)35-34(39-29)25-16-8-3-9-17-25/h1-22H. The highest BCUT2D eigenvalue weighted by atomic mass is 16.3. The predicted molar refractivity (Wildman–Crippen MR) is 155 cm³/mol. The second kappa shape index (κ2) is 9.80. The maximum absolute atomic E-state index is 6.12. The molecule has 5 nitrogen and oxygen atoms in total. The van der Waals surface area contributed by atoms with E-state index in [-0.39, 0.29) is 0 Å². The van der Waals surface area contributed by atoms with Crippen LogP contribution in [0.2, 0.25) is 0 Å². The van der Waals surface area contributed by atoms with E-state index >= 15 is 0 Å². The highest BCUT2D eigenvalue weighted by molar-refractivity contribution is 5.93. The van der Waals surface area contributed by atoms with Gasteiger partial charge in [0.1, 0.15) is 5.52 Å². The molecule has 5 aromatic carbocycles. The van der Waals surface area contributed by atoms with Crippen LogP contribution in [0.4, 0.5) is 0 Å². The molecule has 0 aliphatic rings. The number of hydrogen-bond donors (Lipinski definition) is 0. The van der Waals surface area contributed by atoms with Crippen LogP contribution in [0.15, 0.2) is 138 Å². The molecule has 0 amide bonds. The van der Waals surface area contributed by atoms with E-state index in [2.05, 4.69) is 18.2 Å². The molecule has 2 aromatic heterocycles. The Morgan fingerprint density at radius 1 is 0.385 bits per heavy atom. The van der Waals surface area contributed by atoms with E-state index in [1.807, 2.05) is 115 Å². The SMILES string of the molecule is c1ccc(-c2nc(-c3ccccc3)nc(-c3cccc(-c4cccc5oc(-c6ccccc6)nc45)c3)n2)cc1. The molecule has 0 atom stereocenters.